The summed E-state index contributed by atoms with van der Waals surface area (Å²) in [5.74, 6) is 0.345. The molecule has 11 heteroatoms. The molecule has 1 amide bonds. The van der Waals surface area contributed by atoms with Crippen molar-refractivity contribution in [1.29, 1.82) is 5.41 Å². The zero-order chi connectivity index (χ0) is 27.5. The fraction of sp³-hybridized carbons (Fsp3) is 0.250. The van der Waals surface area contributed by atoms with Crippen molar-refractivity contribution in [2.24, 2.45) is 10.7 Å². The number of fused-ring (bicyclic) bond motifs is 1. The predicted molar refractivity (Wildman–Crippen MR) is 149 cm³/mol. The number of hydrogen-bond donors (Lipinski definition) is 3. The summed E-state index contributed by atoms with van der Waals surface area (Å²) in [6.07, 6.45) is 5.47. The van der Waals surface area contributed by atoms with Crippen molar-refractivity contribution >= 4 is 40.7 Å². The van der Waals surface area contributed by atoms with Crippen LogP contribution in [0.25, 0.3) is 22.4 Å². The molecule has 2 atom stereocenters. The summed E-state index contributed by atoms with van der Waals surface area (Å²) in [5, 5.41) is 10.8. The number of imidazole rings is 1. The van der Waals surface area contributed by atoms with Crippen molar-refractivity contribution in [1.82, 2.24) is 19.9 Å². The van der Waals surface area contributed by atoms with Crippen LogP contribution in [0.15, 0.2) is 59.7 Å². The topological polar surface area (TPSA) is 131 Å². The van der Waals surface area contributed by atoms with Crippen LogP contribution in [0.2, 0.25) is 5.02 Å². The van der Waals surface area contributed by atoms with E-state index in [1.807, 2.05) is 4.57 Å². The first-order valence-corrected chi connectivity index (χ1v) is 12.9. The Morgan fingerprint density at radius 3 is 2.87 bits per heavy atom. The van der Waals surface area contributed by atoms with Gasteiger partial charge in [0.25, 0.3) is 5.91 Å². The minimum atomic E-state index is -0.388. The molecule has 4 aromatic rings. The first kappa shape index (κ1) is 26.3. The first-order valence-electron chi connectivity index (χ1n) is 12.5. The van der Waals surface area contributed by atoms with Gasteiger partial charge in [0, 0.05) is 17.1 Å². The molecule has 2 unspecified atom stereocenters. The van der Waals surface area contributed by atoms with E-state index >= 15 is 0 Å². The molecule has 1 aliphatic rings. The molecular formula is C28H27ClFN7O2. The number of halogens is 2. The largest absolute Gasteiger partial charge is 0.496 e. The molecule has 2 heterocycles. The average molecular weight is 548 g/mol. The molecule has 0 bridgehead atoms. The maximum atomic E-state index is 15.0. The van der Waals surface area contributed by atoms with Crippen LogP contribution in [0.1, 0.15) is 47.8 Å². The van der Waals surface area contributed by atoms with Gasteiger partial charge in [0.05, 0.1) is 30.0 Å². The van der Waals surface area contributed by atoms with E-state index in [-0.39, 0.29) is 29.6 Å². The molecular weight excluding hydrogens is 521 g/mol. The van der Waals surface area contributed by atoms with Gasteiger partial charge in [0.2, 0.25) is 0 Å². The number of benzene rings is 2. The van der Waals surface area contributed by atoms with Crippen molar-refractivity contribution in [2.45, 2.75) is 37.8 Å². The normalized spacial score (nSPS) is 17.7. The van der Waals surface area contributed by atoms with E-state index in [0.717, 1.165) is 31.1 Å². The van der Waals surface area contributed by atoms with Crippen molar-refractivity contribution < 1.29 is 13.9 Å². The van der Waals surface area contributed by atoms with E-state index in [9.17, 15) is 9.18 Å². The predicted octanol–water partition coefficient (Wildman–Crippen LogP) is 5.13. The number of hydrogen-bond acceptors (Lipinski definition) is 5. The fourth-order valence-corrected chi connectivity index (χ4v) is 5.30. The second kappa shape index (κ2) is 11.2. The number of nitrogens with two attached hydrogens (primary N) is 1. The molecule has 1 saturated carbocycles. The Morgan fingerprint density at radius 2 is 2.10 bits per heavy atom. The summed E-state index contributed by atoms with van der Waals surface area (Å²) < 4.78 is 22.4. The van der Waals surface area contributed by atoms with Crippen molar-refractivity contribution in [3.05, 3.63) is 76.8 Å². The summed E-state index contributed by atoms with van der Waals surface area (Å²) in [6, 6.07) is 12.9. The Kier molecular flexibility index (Phi) is 7.56. The summed E-state index contributed by atoms with van der Waals surface area (Å²) in [6.45, 7) is 0. The van der Waals surface area contributed by atoms with Gasteiger partial charge < -0.3 is 20.4 Å². The highest BCUT2D eigenvalue weighted by atomic mass is 35.5. The highest BCUT2D eigenvalue weighted by Gasteiger charge is 2.29. The lowest BCUT2D eigenvalue weighted by molar-refractivity contribution is 0.0918. The summed E-state index contributed by atoms with van der Waals surface area (Å²) in [4.78, 5) is 26.1. The Hall–Kier alpha value is -4.31. The zero-order valence-electron chi connectivity index (χ0n) is 21.2. The summed E-state index contributed by atoms with van der Waals surface area (Å²) in [5.41, 5.74) is 8.43. The lowest BCUT2D eigenvalue weighted by atomic mass is 9.90. The number of nitrogens with zero attached hydrogens (tertiary/aromatic N) is 4. The lowest BCUT2D eigenvalue weighted by Gasteiger charge is -2.32. The Balaban J connectivity index is 1.53. The molecule has 0 aliphatic heterocycles. The number of carbonyl (C=O) groups excluding carboxylic acids is 1. The third-order valence-electron chi connectivity index (χ3n) is 6.91. The van der Waals surface area contributed by atoms with Gasteiger partial charge in [-0.05, 0) is 62.1 Å². The van der Waals surface area contributed by atoms with Crippen LogP contribution >= 0.6 is 11.6 Å². The summed E-state index contributed by atoms with van der Waals surface area (Å²) in [7, 11) is 1.51. The maximum absolute atomic E-state index is 15.0. The van der Waals surface area contributed by atoms with E-state index in [0.29, 0.717) is 45.4 Å². The third kappa shape index (κ3) is 5.33. The second-order valence-corrected chi connectivity index (χ2v) is 9.76. The number of amides is 1. The fourth-order valence-electron chi connectivity index (χ4n) is 5.13. The van der Waals surface area contributed by atoms with Crippen LogP contribution in [0.3, 0.4) is 0 Å². The summed E-state index contributed by atoms with van der Waals surface area (Å²) >= 11 is 6.14. The molecule has 200 valence electrons. The smallest absolute Gasteiger partial charge is 0.255 e. The molecule has 1 fully saturated rings. The number of pyridine rings is 1. The van der Waals surface area contributed by atoms with Crippen LogP contribution in [-0.4, -0.2) is 45.8 Å². The minimum absolute atomic E-state index is 0.0938. The molecule has 2 aromatic heterocycles. The standard InChI is InChI=1S/C28H27ClFN7O2/c1-39-25-10-9-16(29)11-20(25)28(38)35-17-5-4-6-18(12-17)37-24-13-22(26(32)34-15-31)33-14-23(24)36-27(37)19-7-2-3-8-21(19)30/h2-3,7-11,13-15,17-18H,4-6,12H2,1H3,(H,35,38)(H3,31,32,34). The van der Waals surface area contributed by atoms with Gasteiger partial charge in [-0.25, -0.2) is 14.4 Å². The van der Waals surface area contributed by atoms with Gasteiger partial charge in [-0.15, -0.1) is 0 Å². The molecule has 2 aromatic carbocycles. The Labute approximate surface area is 229 Å². The molecule has 5 rings (SSSR count). The van der Waals surface area contributed by atoms with E-state index in [1.165, 1.54) is 13.2 Å². The molecule has 1 aliphatic carbocycles. The minimum Gasteiger partial charge on any atom is -0.496 e. The molecule has 39 heavy (non-hydrogen) atoms. The average Bonchev–Trinajstić information content (AvgIpc) is 3.32. The number of rotatable bonds is 7. The molecule has 0 radical (unpaired) electrons. The number of carbonyl (C=O) groups is 1. The van der Waals surface area contributed by atoms with Gasteiger partial charge in [-0.1, -0.05) is 23.7 Å². The van der Waals surface area contributed by atoms with E-state index in [1.54, 1.807) is 48.7 Å². The van der Waals surface area contributed by atoms with Gasteiger partial charge in [-0.2, -0.15) is 0 Å². The van der Waals surface area contributed by atoms with E-state index < -0.39 is 0 Å². The van der Waals surface area contributed by atoms with Crippen molar-refractivity contribution in [2.75, 3.05) is 7.11 Å². The van der Waals surface area contributed by atoms with Crippen molar-refractivity contribution in [3.63, 3.8) is 0 Å². The SMILES string of the molecule is COc1ccc(Cl)cc1C(=O)NC1CCCC(n2c(-c3ccccc3F)nc3cnc(C(N)=NC=N)cc32)C1. The maximum Gasteiger partial charge on any atom is 0.255 e. The van der Waals surface area contributed by atoms with Crippen molar-refractivity contribution in [3.8, 4) is 17.1 Å². The van der Waals surface area contributed by atoms with Crippen LogP contribution in [0, 0.1) is 11.2 Å². The van der Waals surface area contributed by atoms with Gasteiger partial charge in [0.15, 0.2) is 5.84 Å². The van der Waals surface area contributed by atoms with Crippen LogP contribution in [0.4, 0.5) is 4.39 Å². The Morgan fingerprint density at radius 1 is 1.28 bits per heavy atom. The number of ether oxygens (including phenoxy) is 1. The number of aliphatic imine (C=N–C) groups is 1. The third-order valence-corrected chi connectivity index (χ3v) is 7.14. The zero-order valence-corrected chi connectivity index (χ0v) is 22.0. The second-order valence-electron chi connectivity index (χ2n) is 9.32. The van der Waals surface area contributed by atoms with Crippen LogP contribution < -0.4 is 15.8 Å². The van der Waals surface area contributed by atoms with Gasteiger partial charge >= 0.3 is 0 Å². The van der Waals surface area contributed by atoms with E-state index in [2.05, 4.69) is 15.3 Å². The highest BCUT2D eigenvalue weighted by Crippen LogP contribution is 2.37. The molecule has 9 nitrogen and oxygen atoms in total. The molecule has 0 saturated heterocycles. The van der Waals surface area contributed by atoms with Crippen LogP contribution in [-0.2, 0) is 0 Å². The monoisotopic (exact) mass is 547 g/mol. The number of methoxy groups -OCH3 is 1. The Bertz CT molecular complexity index is 1590. The van der Waals surface area contributed by atoms with Crippen LogP contribution in [0.5, 0.6) is 5.75 Å². The number of nitrogens with one attached hydrogen (secondary N) is 2. The first-order chi connectivity index (χ1) is 18.9. The highest BCUT2D eigenvalue weighted by molar-refractivity contribution is 6.31. The lowest BCUT2D eigenvalue weighted by Crippen LogP contribution is -2.39. The van der Waals surface area contributed by atoms with Gasteiger partial charge in [-0.3, -0.25) is 15.2 Å². The molecule has 4 N–H and O–H groups in total. The number of aromatic nitrogens is 3. The van der Waals surface area contributed by atoms with E-state index in [4.69, 9.17) is 32.5 Å². The number of amidine groups is 1. The molecule has 0 spiro atoms. The quantitative estimate of drug-likeness (QED) is 0.218. The van der Waals surface area contributed by atoms with Gasteiger partial charge in [0.1, 0.15) is 34.9 Å².